The third-order valence-electron chi connectivity index (χ3n) is 4.13. The molecule has 18 heavy (non-hydrogen) atoms. The monoisotopic (exact) mass is 249 g/mol. The Morgan fingerprint density at radius 2 is 2.22 bits per heavy atom. The summed E-state index contributed by atoms with van der Waals surface area (Å²) < 4.78 is 2.08. The Balaban J connectivity index is 2.08. The SMILES string of the molecule is CCCn1ccnc1CC(=O)C1(CN)CCCC1. The molecule has 0 saturated heterocycles. The Labute approximate surface area is 109 Å². The highest BCUT2D eigenvalue weighted by Gasteiger charge is 2.39. The number of ketones is 1. The zero-order valence-corrected chi connectivity index (χ0v) is 11.2. The molecule has 4 heteroatoms. The lowest BCUT2D eigenvalue weighted by molar-refractivity contribution is -0.127. The number of Topliss-reactive ketones (excluding diaryl/α,β-unsaturated/α-hetero) is 1. The van der Waals surface area contributed by atoms with Crippen LogP contribution in [0.1, 0.15) is 44.9 Å². The average Bonchev–Trinajstić information content (AvgIpc) is 3.00. The van der Waals surface area contributed by atoms with E-state index in [-0.39, 0.29) is 11.2 Å². The van der Waals surface area contributed by atoms with E-state index in [0.29, 0.717) is 13.0 Å². The lowest BCUT2D eigenvalue weighted by Crippen LogP contribution is -2.37. The molecule has 0 unspecified atom stereocenters. The summed E-state index contributed by atoms with van der Waals surface area (Å²) in [6.07, 6.45) is 9.40. The van der Waals surface area contributed by atoms with Crippen LogP contribution in [0.15, 0.2) is 12.4 Å². The van der Waals surface area contributed by atoms with Gasteiger partial charge in [-0.3, -0.25) is 4.79 Å². The molecule has 2 N–H and O–H groups in total. The fraction of sp³-hybridized carbons (Fsp3) is 0.714. The molecule has 2 rings (SSSR count). The van der Waals surface area contributed by atoms with Crippen LogP contribution in [0.3, 0.4) is 0 Å². The van der Waals surface area contributed by atoms with E-state index in [2.05, 4.69) is 16.5 Å². The summed E-state index contributed by atoms with van der Waals surface area (Å²) in [5.41, 5.74) is 5.59. The highest BCUT2D eigenvalue weighted by Crippen LogP contribution is 2.38. The van der Waals surface area contributed by atoms with Crippen molar-refractivity contribution in [1.29, 1.82) is 0 Å². The molecule has 0 spiro atoms. The Morgan fingerprint density at radius 1 is 1.50 bits per heavy atom. The first-order valence-electron chi connectivity index (χ1n) is 6.95. The van der Waals surface area contributed by atoms with Crippen molar-refractivity contribution in [1.82, 2.24) is 9.55 Å². The number of rotatable bonds is 6. The van der Waals surface area contributed by atoms with Crippen LogP contribution in [0.25, 0.3) is 0 Å². The maximum absolute atomic E-state index is 12.5. The zero-order valence-electron chi connectivity index (χ0n) is 11.2. The second kappa shape index (κ2) is 5.65. The Morgan fingerprint density at radius 3 is 2.83 bits per heavy atom. The summed E-state index contributed by atoms with van der Waals surface area (Å²) in [6.45, 7) is 3.54. The number of nitrogens with zero attached hydrogens (tertiary/aromatic N) is 2. The van der Waals surface area contributed by atoms with Gasteiger partial charge in [0.05, 0.1) is 6.42 Å². The summed E-state index contributed by atoms with van der Waals surface area (Å²) in [5.74, 6) is 1.17. The highest BCUT2D eigenvalue weighted by molar-refractivity contribution is 5.86. The number of carbonyl (C=O) groups is 1. The normalized spacial score (nSPS) is 18.1. The summed E-state index contributed by atoms with van der Waals surface area (Å²) >= 11 is 0. The first-order valence-corrected chi connectivity index (χ1v) is 6.95. The van der Waals surface area contributed by atoms with E-state index in [4.69, 9.17) is 5.73 Å². The zero-order chi connectivity index (χ0) is 13.0. The van der Waals surface area contributed by atoms with Crippen molar-refractivity contribution in [2.45, 2.75) is 52.0 Å². The van der Waals surface area contributed by atoms with Crippen LogP contribution in [-0.4, -0.2) is 21.9 Å². The highest BCUT2D eigenvalue weighted by atomic mass is 16.1. The lowest BCUT2D eigenvalue weighted by atomic mass is 9.80. The minimum absolute atomic E-state index is 0.261. The summed E-state index contributed by atoms with van der Waals surface area (Å²) in [5, 5.41) is 0. The van der Waals surface area contributed by atoms with Gasteiger partial charge in [-0.2, -0.15) is 0 Å². The van der Waals surface area contributed by atoms with E-state index in [1.54, 1.807) is 6.20 Å². The molecule has 1 aromatic rings. The van der Waals surface area contributed by atoms with Crippen LogP contribution in [0.5, 0.6) is 0 Å². The Bertz CT molecular complexity index is 405. The number of carbonyl (C=O) groups excluding carboxylic acids is 1. The van der Waals surface area contributed by atoms with Gasteiger partial charge in [-0.05, 0) is 19.3 Å². The van der Waals surface area contributed by atoms with E-state index < -0.39 is 0 Å². The molecule has 1 aliphatic carbocycles. The minimum Gasteiger partial charge on any atom is -0.335 e. The number of nitrogens with two attached hydrogens (primary N) is 1. The van der Waals surface area contributed by atoms with Gasteiger partial charge in [0, 0.05) is 30.9 Å². The first-order chi connectivity index (χ1) is 8.72. The molecule has 0 radical (unpaired) electrons. The fourth-order valence-electron chi connectivity index (χ4n) is 2.93. The van der Waals surface area contributed by atoms with E-state index >= 15 is 0 Å². The summed E-state index contributed by atoms with van der Waals surface area (Å²) in [4.78, 5) is 16.8. The third kappa shape index (κ3) is 2.48. The second-order valence-electron chi connectivity index (χ2n) is 5.33. The quantitative estimate of drug-likeness (QED) is 0.838. The van der Waals surface area contributed by atoms with E-state index in [1.807, 2.05) is 6.20 Å². The minimum atomic E-state index is -0.261. The second-order valence-corrected chi connectivity index (χ2v) is 5.33. The summed E-state index contributed by atoms with van der Waals surface area (Å²) in [6, 6.07) is 0. The number of imidazole rings is 1. The van der Waals surface area contributed by atoms with Crippen molar-refractivity contribution in [3.05, 3.63) is 18.2 Å². The van der Waals surface area contributed by atoms with E-state index in [9.17, 15) is 4.79 Å². The van der Waals surface area contributed by atoms with Gasteiger partial charge in [-0.15, -0.1) is 0 Å². The molecule has 100 valence electrons. The molecule has 1 aromatic heterocycles. The van der Waals surface area contributed by atoms with Gasteiger partial charge in [0.15, 0.2) is 0 Å². The molecule has 1 fully saturated rings. The van der Waals surface area contributed by atoms with Crippen LogP contribution >= 0.6 is 0 Å². The topological polar surface area (TPSA) is 60.9 Å². The molecule has 4 nitrogen and oxygen atoms in total. The molecule has 0 atom stereocenters. The smallest absolute Gasteiger partial charge is 0.147 e. The molecule has 1 aliphatic rings. The predicted octanol–water partition coefficient (Wildman–Crippen LogP) is 1.92. The number of aromatic nitrogens is 2. The molecule has 0 bridgehead atoms. The summed E-state index contributed by atoms with van der Waals surface area (Å²) in [7, 11) is 0. The van der Waals surface area contributed by atoms with Crippen molar-refractivity contribution < 1.29 is 4.79 Å². The number of hydrogen-bond acceptors (Lipinski definition) is 3. The average molecular weight is 249 g/mol. The van der Waals surface area contributed by atoms with Crippen LogP contribution < -0.4 is 5.73 Å². The lowest BCUT2D eigenvalue weighted by Gasteiger charge is -2.25. The van der Waals surface area contributed by atoms with Crippen molar-refractivity contribution in [3.63, 3.8) is 0 Å². The van der Waals surface area contributed by atoms with Crippen LogP contribution in [0.4, 0.5) is 0 Å². The molecular formula is C14H23N3O. The van der Waals surface area contributed by atoms with Gasteiger partial charge in [-0.1, -0.05) is 19.8 Å². The van der Waals surface area contributed by atoms with Crippen molar-refractivity contribution in [2.75, 3.05) is 6.54 Å². The van der Waals surface area contributed by atoms with Crippen LogP contribution in [0.2, 0.25) is 0 Å². The molecule has 1 saturated carbocycles. The number of hydrogen-bond donors (Lipinski definition) is 1. The van der Waals surface area contributed by atoms with E-state index in [0.717, 1.165) is 44.5 Å². The van der Waals surface area contributed by atoms with Gasteiger partial charge in [0.25, 0.3) is 0 Å². The maximum atomic E-state index is 12.5. The van der Waals surface area contributed by atoms with Crippen molar-refractivity contribution in [3.8, 4) is 0 Å². The Kier molecular flexibility index (Phi) is 4.17. The van der Waals surface area contributed by atoms with Crippen molar-refractivity contribution >= 4 is 5.78 Å². The predicted molar refractivity (Wildman–Crippen MR) is 71.2 cm³/mol. The molecule has 0 aromatic carbocycles. The number of aryl methyl sites for hydroxylation is 1. The Hall–Kier alpha value is -1.16. The van der Waals surface area contributed by atoms with Gasteiger partial charge in [0.2, 0.25) is 0 Å². The standard InChI is InChI=1S/C14H23N3O/c1-2-8-17-9-7-16-13(17)10-12(18)14(11-15)5-3-4-6-14/h7,9H,2-6,8,10-11,15H2,1H3. The van der Waals surface area contributed by atoms with Crippen LogP contribution in [-0.2, 0) is 17.8 Å². The molecular weight excluding hydrogens is 226 g/mol. The molecule has 1 heterocycles. The molecule has 0 aliphatic heterocycles. The van der Waals surface area contributed by atoms with Gasteiger partial charge >= 0.3 is 0 Å². The maximum Gasteiger partial charge on any atom is 0.147 e. The van der Waals surface area contributed by atoms with Gasteiger partial charge in [-0.25, -0.2) is 4.98 Å². The fourth-order valence-corrected chi connectivity index (χ4v) is 2.93. The van der Waals surface area contributed by atoms with Crippen LogP contribution in [0, 0.1) is 5.41 Å². The largest absolute Gasteiger partial charge is 0.335 e. The van der Waals surface area contributed by atoms with Crippen molar-refractivity contribution in [2.24, 2.45) is 11.1 Å². The van der Waals surface area contributed by atoms with Gasteiger partial charge in [0.1, 0.15) is 11.6 Å². The molecule has 0 amide bonds. The first kappa shape index (κ1) is 13.3. The van der Waals surface area contributed by atoms with Gasteiger partial charge < -0.3 is 10.3 Å². The third-order valence-corrected chi connectivity index (χ3v) is 4.13. The van der Waals surface area contributed by atoms with E-state index in [1.165, 1.54) is 0 Å².